The van der Waals surface area contributed by atoms with E-state index < -0.39 is 0 Å². The standard InChI is InChI=1S/C18H15BrN2O2/c1-10-16(11-4-6-12(19)7-5-11)17-15(23-3)8-14(22-2)13(9-20)18(17)21-10/h4-8,21H,1-3H3. The van der Waals surface area contributed by atoms with Crippen molar-refractivity contribution in [3.63, 3.8) is 0 Å². The van der Waals surface area contributed by atoms with E-state index in [1.807, 2.05) is 31.2 Å². The highest BCUT2D eigenvalue weighted by molar-refractivity contribution is 9.10. The van der Waals surface area contributed by atoms with Gasteiger partial charge in [0, 0.05) is 21.8 Å². The molecule has 116 valence electrons. The fourth-order valence-corrected chi connectivity index (χ4v) is 3.12. The molecule has 0 aliphatic heterocycles. The Hall–Kier alpha value is -2.45. The molecule has 0 saturated heterocycles. The lowest BCUT2D eigenvalue weighted by molar-refractivity contribution is 0.397. The molecule has 1 heterocycles. The van der Waals surface area contributed by atoms with Gasteiger partial charge in [-0.25, -0.2) is 0 Å². The maximum Gasteiger partial charge on any atom is 0.142 e. The fraction of sp³-hybridized carbons (Fsp3) is 0.167. The number of halogens is 1. The Labute approximate surface area is 142 Å². The van der Waals surface area contributed by atoms with Crippen molar-refractivity contribution in [2.24, 2.45) is 0 Å². The molecule has 3 rings (SSSR count). The van der Waals surface area contributed by atoms with Crippen LogP contribution in [0.4, 0.5) is 0 Å². The molecule has 4 nitrogen and oxygen atoms in total. The number of hydrogen-bond acceptors (Lipinski definition) is 3. The van der Waals surface area contributed by atoms with E-state index in [0.717, 1.165) is 32.2 Å². The summed E-state index contributed by atoms with van der Waals surface area (Å²) in [5.74, 6) is 1.18. The smallest absolute Gasteiger partial charge is 0.142 e. The molecule has 0 unspecified atom stereocenters. The highest BCUT2D eigenvalue weighted by Gasteiger charge is 2.21. The summed E-state index contributed by atoms with van der Waals surface area (Å²) in [5.41, 5.74) is 4.28. The van der Waals surface area contributed by atoms with E-state index in [1.54, 1.807) is 20.3 Å². The molecule has 0 saturated carbocycles. The third kappa shape index (κ3) is 2.45. The van der Waals surface area contributed by atoms with E-state index in [1.165, 1.54) is 0 Å². The zero-order chi connectivity index (χ0) is 16.6. The van der Waals surface area contributed by atoms with Crippen LogP contribution in [0.1, 0.15) is 11.3 Å². The van der Waals surface area contributed by atoms with E-state index in [-0.39, 0.29) is 0 Å². The number of methoxy groups -OCH3 is 2. The second kappa shape index (κ2) is 5.98. The molecule has 0 radical (unpaired) electrons. The number of nitriles is 1. The van der Waals surface area contributed by atoms with E-state index >= 15 is 0 Å². The molecule has 5 heteroatoms. The molecule has 0 fully saturated rings. The minimum atomic E-state index is 0.481. The van der Waals surface area contributed by atoms with Gasteiger partial charge in [0.05, 0.1) is 25.1 Å². The second-order valence-electron chi connectivity index (χ2n) is 5.15. The molecular weight excluding hydrogens is 356 g/mol. The number of benzene rings is 2. The first-order chi connectivity index (χ1) is 11.1. The number of ether oxygens (including phenoxy) is 2. The maximum atomic E-state index is 9.52. The summed E-state index contributed by atoms with van der Waals surface area (Å²) in [5, 5.41) is 10.4. The average Bonchev–Trinajstić information content (AvgIpc) is 2.91. The van der Waals surface area contributed by atoms with Crippen LogP contribution < -0.4 is 9.47 Å². The molecule has 3 aromatic rings. The van der Waals surface area contributed by atoms with Gasteiger partial charge in [-0.2, -0.15) is 5.26 Å². The van der Waals surface area contributed by atoms with E-state index in [2.05, 4.69) is 27.0 Å². The first-order valence-corrected chi connectivity index (χ1v) is 7.83. The van der Waals surface area contributed by atoms with Crippen molar-refractivity contribution in [1.29, 1.82) is 5.26 Å². The van der Waals surface area contributed by atoms with E-state index in [0.29, 0.717) is 17.1 Å². The van der Waals surface area contributed by atoms with Crippen molar-refractivity contribution >= 4 is 26.8 Å². The second-order valence-corrected chi connectivity index (χ2v) is 6.07. The van der Waals surface area contributed by atoms with Crippen LogP contribution in [0.3, 0.4) is 0 Å². The largest absolute Gasteiger partial charge is 0.496 e. The van der Waals surface area contributed by atoms with Crippen LogP contribution in [0, 0.1) is 18.3 Å². The number of aromatic nitrogens is 1. The summed E-state index contributed by atoms with van der Waals surface area (Å²) >= 11 is 3.45. The lowest BCUT2D eigenvalue weighted by Gasteiger charge is -2.10. The molecule has 1 N–H and O–H groups in total. The molecule has 0 aliphatic rings. The molecule has 0 bridgehead atoms. The number of aryl methyl sites for hydroxylation is 1. The summed E-state index contributed by atoms with van der Waals surface area (Å²) in [4.78, 5) is 3.31. The molecule has 0 amide bonds. The minimum absolute atomic E-state index is 0.481. The number of rotatable bonds is 3. The van der Waals surface area contributed by atoms with Gasteiger partial charge in [-0.05, 0) is 24.6 Å². The third-order valence-electron chi connectivity index (χ3n) is 3.88. The van der Waals surface area contributed by atoms with Crippen molar-refractivity contribution < 1.29 is 9.47 Å². The van der Waals surface area contributed by atoms with Gasteiger partial charge in [0.1, 0.15) is 23.1 Å². The average molecular weight is 371 g/mol. The predicted molar refractivity (Wildman–Crippen MR) is 94.0 cm³/mol. The van der Waals surface area contributed by atoms with Gasteiger partial charge in [0.15, 0.2) is 0 Å². The fourth-order valence-electron chi connectivity index (χ4n) is 2.86. The minimum Gasteiger partial charge on any atom is -0.496 e. The predicted octanol–water partition coefficient (Wildman–Crippen LogP) is 4.79. The quantitative estimate of drug-likeness (QED) is 0.720. The Kier molecular flexibility index (Phi) is 4.01. The first kappa shape index (κ1) is 15.4. The van der Waals surface area contributed by atoms with Crippen LogP contribution in [0.5, 0.6) is 11.5 Å². The SMILES string of the molecule is COc1cc(OC)c2c(-c3ccc(Br)cc3)c(C)[nH]c2c1C#N. The Morgan fingerprint density at radius 2 is 1.74 bits per heavy atom. The van der Waals surface area contributed by atoms with E-state index in [4.69, 9.17) is 9.47 Å². The van der Waals surface area contributed by atoms with Crippen LogP contribution in [0.2, 0.25) is 0 Å². The van der Waals surface area contributed by atoms with Crippen molar-refractivity contribution in [2.75, 3.05) is 14.2 Å². The number of aromatic amines is 1. The van der Waals surface area contributed by atoms with Crippen LogP contribution >= 0.6 is 15.9 Å². The van der Waals surface area contributed by atoms with Crippen LogP contribution in [0.25, 0.3) is 22.0 Å². The Morgan fingerprint density at radius 1 is 1.09 bits per heavy atom. The Bertz CT molecular complexity index is 921. The zero-order valence-corrected chi connectivity index (χ0v) is 14.6. The molecule has 0 aliphatic carbocycles. The lowest BCUT2D eigenvalue weighted by Crippen LogP contribution is -1.93. The number of nitrogens with zero attached hydrogens (tertiary/aromatic N) is 1. The van der Waals surface area contributed by atoms with Crippen molar-refractivity contribution in [3.05, 3.63) is 46.1 Å². The third-order valence-corrected chi connectivity index (χ3v) is 4.41. The summed E-state index contributed by atoms with van der Waals surface area (Å²) < 4.78 is 11.9. The van der Waals surface area contributed by atoms with Crippen molar-refractivity contribution in [1.82, 2.24) is 4.98 Å². The Morgan fingerprint density at radius 3 is 2.30 bits per heavy atom. The van der Waals surface area contributed by atoms with E-state index in [9.17, 15) is 5.26 Å². The lowest BCUT2D eigenvalue weighted by atomic mass is 10.00. The van der Waals surface area contributed by atoms with Crippen LogP contribution in [0.15, 0.2) is 34.8 Å². The van der Waals surface area contributed by atoms with Crippen molar-refractivity contribution in [3.8, 4) is 28.7 Å². The van der Waals surface area contributed by atoms with Gasteiger partial charge < -0.3 is 14.5 Å². The van der Waals surface area contributed by atoms with Gasteiger partial charge in [-0.15, -0.1) is 0 Å². The zero-order valence-electron chi connectivity index (χ0n) is 13.0. The molecular formula is C18H15BrN2O2. The number of hydrogen-bond donors (Lipinski definition) is 1. The summed E-state index contributed by atoms with van der Waals surface area (Å²) in [7, 11) is 3.17. The summed E-state index contributed by atoms with van der Waals surface area (Å²) in [6.07, 6.45) is 0. The van der Waals surface area contributed by atoms with Gasteiger partial charge in [-0.1, -0.05) is 28.1 Å². The van der Waals surface area contributed by atoms with Gasteiger partial charge in [0.25, 0.3) is 0 Å². The number of H-pyrrole nitrogens is 1. The maximum absolute atomic E-state index is 9.52. The van der Waals surface area contributed by atoms with Gasteiger partial charge in [0.2, 0.25) is 0 Å². The van der Waals surface area contributed by atoms with Gasteiger partial charge >= 0.3 is 0 Å². The molecule has 2 aromatic carbocycles. The monoisotopic (exact) mass is 370 g/mol. The summed E-state index contributed by atoms with van der Waals surface area (Å²) in [6.45, 7) is 1.99. The Balaban J connectivity index is 2.42. The highest BCUT2D eigenvalue weighted by Crippen LogP contribution is 2.42. The highest BCUT2D eigenvalue weighted by atomic mass is 79.9. The van der Waals surface area contributed by atoms with Gasteiger partial charge in [-0.3, -0.25) is 0 Å². The normalized spacial score (nSPS) is 10.6. The topological polar surface area (TPSA) is 58.0 Å². The number of nitrogens with one attached hydrogen (secondary N) is 1. The van der Waals surface area contributed by atoms with Crippen molar-refractivity contribution in [2.45, 2.75) is 6.92 Å². The van der Waals surface area contributed by atoms with Crippen LogP contribution in [-0.4, -0.2) is 19.2 Å². The number of fused-ring (bicyclic) bond motifs is 1. The molecule has 1 aromatic heterocycles. The molecule has 0 spiro atoms. The van der Waals surface area contributed by atoms with Crippen LogP contribution in [-0.2, 0) is 0 Å². The molecule has 23 heavy (non-hydrogen) atoms. The summed E-state index contributed by atoms with van der Waals surface area (Å²) in [6, 6.07) is 12.0. The molecule has 0 atom stereocenters. The first-order valence-electron chi connectivity index (χ1n) is 7.04.